The van der Waals surface area contributed by atoms with Gasteiger partial charge < -0.3 is 9.64 Å². The normalized spacial score (nSPS) is 22.2. The van der Waals surface area contributed by atoms with Gasteiger partial charge in [0.05, 0.1) is 19.1 Å². The fourth-order valence-electron chi connectivity index (χ4n) is 2.87. The largest absolute Gasteiger partial charge is 0.381 e. The first kappa shape index (κ1) is 15.0. The number of nitrogens with zero attached hydrogens (tertiary/aromatic N) is 1. The summed E-state index contributed by atoms with van der Waals surface area (Å²) in [5.41, 5.74) is 0.889. The van der Waals surface area contributed by atoms with E-state index >= 15 is 0 Å². The van der Waals surface area contributed by atoms with E-state index < -0.39 is 0 Å². The molecule has 1 amide bonds. The molecular weight excluding hydrogens is 257 g/mol. The van der Waals surface area contributed by atoms with E-state index in [2.05, 4.69) is 6.92 Å². The van der Waals surface area contributed by atoms with Gasteiger partial charge in [-0.2, -0.15) is 0 Å². The van der Waals surface area contributed by atoms with Crippen LogP contribution in [-0.2, 0) is 9.53 Å². The molecule has 1 aromatic carbocycles. The average molecular weight is 279 g/mol. The summed E-state index contributed by atoms with van der Waals surface area (Å²) in [5, 5.41) is 0. The van der Waals surface area contributed by atoms with Gasteiger partial charge in [-0.05, 0) is 37.0 Å². The Morgan fingerprint density at radius 2 is 2.30 bits per heavy atom. The van der Waals surface area contributed by atoms with Crippen LogP contribution in [0.1, 0.15) is 38.3 Å². The quantitative estimate of drug-likeness (QED) is 0.775. The van der Waals surface area contributed by atoms with Gasteiger partial charge in [-0.15, -0.1) is 0 Å². The van der Waals surface area contributed by atoms with Crippen LogP contribution in [0, 0.1) is 11.7 Å². The monoisotopic (exact) mass is 279 g/mol. The highest BCUT2D eigenvalue weighted by molar-refractivity contribution is 5.77. The van der Waals surface area contributed by atoms with Crippen molar-refractivity contribution in [3.05, 3.63) is 35.6 Å². The molecule has 110 valence electrons. The fourth-order valence-corrected chi connectivity index (χ4v) is 2.87. The van der Waals surface area contributed by atoms with E-state index in [0.717, 1.165) is 18.5 Å². The summed E-state index contributed by atoms with van der Waals surface area (Å²) in [6.45, 7) is 5.85. The topological polar surface area (TPSA) is 29.5 Å². The third kappa shape index (κ3) is 3.37. The Hall–Kier alpha value is -1.42. The zero-order valence-electron chi connectivity index (χ0n) is 12.1. The molecule has 0 bridgehead atoms. The van der Waals surface area contributed by atoms with Gasteiger partial charge in [0.15, 0.2) is 0 Å². The minimum absolute atomic E-state index is 0.0140. The van der Waals surface area contributed by atoms with Crippen molar-refractivity contribution in [3.63, 3.8) is 0 Å². The number of amides is 1. The van der Waals surface area contributed by atoms with Crippen LogP contribution >= 0.6 is 0 Å². The predicted octanol–water partition coefficient (Wildman–Crippen LogP) is 3.16. The second-order valence-corrected chi connectivity index (χ2v) is 5.30. The molecule has 0 saturated carbocycles. The Labute approximate surface area is 119 Å². The number of benzene rings is 1. The van der Waals surface area contributed by atoms with Crippen molar-refractivity contribution in [2.75, 3.05) is 19.8 Å². The van der Waals surface area contributed by atoms with Crippen molar-refractivity contribution in [1.29, 1.82) is 0 Å². The second kappa shape index (κ2) is 6.84. The molecule has 1 aliphatic rings. The summed E-state index contributed by atoms with van der Waals surface area (Å²) >= 11 is 0. The Morgan fingerprint density at radius 3 is 3.00 bits per heavy atom. The zero-order valence-corrected chi connectivity index (χ0v) is 12.1. The lowest BCUT2D eigenvalue weighted by Gasteiger charge is -2.27. The smallest absolute Gasteiger partial charge is 0.225 e. The minimum Gasteiger partial charge on any atom is -0.381 e. The highest BCUT2D eigenvalue weighted by atomic mass is 19.1. The lowest BCUT2D eigenvalue weighted by molar-refractivity contribution is -0.133. The van der Waals surface area contributed by atoms with E-state index in [1.165, 1.54) is 12.1 Å². The number of ether oxygens (including phenoxy) is 1. The number of hydrogen-bond donors (Lipinski definition) is 0. The average Bonchev–Trinajstić information content (AvgIpc) is 2.81. The maximum atomic E-state index is 13.4. The summed E-state index contributed by atoms with van der Waals surface area (Å²) in [5.74, 6) is 0.202. The maximum Gasteiger partial charge on any atom is 0.225 e. The molecule has 1 fully saturated rings. The molecule has 0 N–H and O–H groups in total. The molecule has 2 atom stereocenters. The lowest BCUT2D eigenvalue weighted by atomic mass is 9.95. The molecule has 20 heavy (non-hydrogen) atoms. The fraction of sp³-hybridized carbons (Fsp3) is 0.562. The third-order valence-electron chi connectivity index (χ3n) is 3.88. The Morgan fingerprint density at radius 1 is 1.50 bits per heavy atom. The van der Waals surface area contributed by atoms with Crippen LogP contribution in [0.2, 0.25) is 0 Å². The van der Waals surface area contributed by atoms with E-state index in [0.29, 0.717) is 25.6 Å². The number of hydrogen-bond acceptors (Lipinski definition) is 2. The molecule has 0 radical (unpaired) electrons. The van der Waals surface area contributed by atoms with Gasteiger partial charge in [0.2, 0.25) is 5.91 Å². The Bertz CT molecular complexity index is 464. The van der Waals surface area contributed by atoms with Crippen LogP contribution in [0.5, 0.6) is 0 Å². The minimum atomic E-state index is -0.247. The molecule has 4 heteroatoms. The van der Waals surface area contributed by atoms with E-state index in [9.17, 15) is 9.18 Å². The molecule has 1 saturated heterocycles. The van der Waals surface area contributed by atoms with Gasteiger partial charge in [0.25, 0.3) is 0 Å². The lowest BCUT2D eigenvalue weighted by Crippen LogP contribution is -2.32. The van der Waals surface area contributed by atoms with Gasteiger partial charge >= 0.3 is 0 Å². The molecule has 0 spiro atoms. The second-order valence-electron chi connectivity index (χ2n) is 5.30. The first-order valence-corrected chi connectivity index (χ1v) is 7.26. The van der Waals surface area contributed by atoms with Crippen LogP contribution < -0.4 is 0 Å². The number of carbonyl (C=O) groups is 1. The predicted molar refractivity (Wildman–Crippen MR) is 75.7 cm³/mol. The van der Waals surface area contributed by atoms with Crippen molar-refractivity contribution in [2.45, 2.75) is 32.7 Å². The number of carbonyl (C=O) groups excluding carboxylic acids is 1. The van der Waals surface area contributed by atoms with E-state index in [4.69, 9.17) is 4.74 Å². The molecule has 0 unspecified atom stereocenters. The molecular formula is C16H22FNO2. The highest BCUT2D eigenvalue weighted by Gasteiger charge is 2.35. The number of halogens is 1. The molecule has 1 aromatic rings. The molecule has 0 aromatic heterocycles. The van der Waals surface area contributed by atoms with Crippen molar-refractivity contribution in [1.82, 2.24) is 4.90 Å². The number of rotatable bonds is 5. The molecule has 1 heterocycles. The van der Waals surface area contributed by atoms with Crippen LogP contribution in [0.25, 0.3) is 0 Å². The Balaban J connectivity index is 2.10. The van der Waals surface area contributed by atoms with Gasteiger partial charge in [0, 0.05) is 13.2 Å². The summed E-state index contributed by atoms with van der Waals surface area (Å²) in [4.78, 5) is 14.2. The van der Waals surface area contributed by atoms with Crippen LogP contribution in [0.3, 0.4) is 0 Å². The summed E-state index contributed by atoms with van der Waals surface area (Å²) in [6.07, 6.45) is 1.36. The van der Waals surface area contributed by atoms with Crippen LogP contribution in [0.4, 0.5) is 4.39 Å². The third-order valence-corrected chi connectivity index (χ3v) is 3.88. The van der Waals surface area contributed by atoms with E-state index in [-0.39, 0.29) is 17.8 Å². The first-order valence-electron chi connectivity index (χ1n) is 7.26. The zero-order chi connectivity index (χ0) is 14.5. The van der Waals surface area contributed by atoms with Crippen molar-refractivity contribution < 1.29 is 13.9 Å². The van der Waals surface area contributed by atoms with Gasteiger partial charge in [-0.1, -0.05) is 19.1 Å². The highest BCUT2D eigenvalue weighted by Crippen LogP contribution is 2.37. The van der Waals surface area contributed by atoms with E-state index in [1.54, 1.807) is 6.07 Å². The van der Waals surface area contributed by atoms with Gasteiger partial charge in [0.1, 0.15) is 5.82 Å². The molecule has 0 aliphatic carbocycles. The van der Waals surface area contributed by atoms with Crippen LogP contribution in [-0.4, -0.2) is 30.6 Å². The summed E-state index contributed by atoms with van der Waals surface area (Å²) < 4.78 is 18.6. The standard InChI is InChI=1S/C16H22FNO2/c1-3-20-10-8-15(19)18-9-7-12(2)16(18)13-5-4-6-14(17)11-13/h4-6,11-12,16H,3,7-10H2,1-2H3/t12-,16+/m1/s1. The van der Waals surface area contributed by atoms with Crippen LogP contribution in [0.15, 0.2) is 24.3 Å². The number of likely N-dealkylation sites (tertiary alicyclic amines) is 1. The van der Waals surface area contributed by atoms with Crippen molar-refractivity contribution in [3.8, 4) is 0 Å². The summed E-state index contributed by atoms with van der Waals surface area (Å²) in [6, 6.07) is 6.57. The van der Waals surface area contributed by atoms with Crippen molar-refractivity contribution in [2.24, 2.45) is 5.92 Å². The SMILES string of the molecule is CCOCCC(=O)N1CC[C@@H](C)[C@H]1c1cccc(F)c1. The van der Waals surface area contributed by atoms with Gasteiger partial charge in [-0.3, -0.25) is 4.79 Å². The van der Waals surface area contributed by atoms with Crippen molar-refractivity contribution >= 4 is 5.91 Å². The summed E-state index contributed by atoms with van der Waals surface area (Å²) in [7, 11) is 0. The molecule has 3 nitrogen and oxygen atoms in total. The first-order chi connectivity index (χ1) is 9.63. The molecule has 1 aliphatic heterocycles. The van der Waals surface area contributed by atoms with E-state index in [1.807, 2.05) is 17.9 Å². The molecule has 2 rings (SSSR count). The maximum absolute atomic E-state index is 13.4. The van der Waals surface area contributed by atoms with Gasteiger partial charge in [-0.25, -0.2) is 4.39 Å². The Kier molecular flexibility index (Phi) is 5.12.